The fourth-order valence-corrected chi connectivity index (χ4v) is 3.40. The SMILES string of the molecule is C#C[C@]1(c2cc(N)ccc2F)N=C(N(C(=O)OC(C)(C)C)C(=O)OC(C)(C)C)O[C@@H]2C[C@@H]21. The number of hydrogen-bond donors (Lipinski definition) is 1. The third kappa shape index (κ3) is 4.64. The number of ether oxygens (including phenoxy) is 3. The van der Waals surface area contributed by atoms with Gasteiger partial charge in [0.2, 0.25) is 0 Å². The van der Waals surface area contributed by atoms with Gasteiger partial charge in [0.15, 0.2) is 5.54 Å². The Labute approximate surface area is 186 Å². The molecule has 0 aromatic heterocycles. The lowest BCUT2D eigenvalue weighted by atomic mass is 9.85. The van der Waals surface area contributed by atoms with Gasteiger partial charge in [-0.25, -0.2) is 19.0 Å². The van der Waals surface area contributed by atoms with E-state index < -0.39 is 46.9 Å². The van der Waals surface area contributed by atoms with E-state index in [4.69, 9.17) is 26.4 Å². The number of aliphatic imine (C=N–C) groups is 1. The Kier molecular flexibility index (Phi) is 5.62. The van der Waals surface area contributed by atoms with Gasteiger partial charge >= 0.3 is 18.2 Å². The summed E-state index contributed by atoms with van der Waals surface area (Å²) < 4.78 is 31.3. The highest BCUT2D eigenvalue weighted by Gasteiger charge is 2.61. The zero-order chi connectivity index (χ0) is 24.1. The Morgan fingerprint density at radius 3 is 2.28 bits per heavy atom. The van der Waals surface area contributed by atoms with Gasteiger partial charge in [-0.05, 0) is 66.2 Å². The first-order valence-electron chi connectivity index (χ1n) is 10.2. The lowest BCUT2D eigenvalue weighted by Crippen LogP contribution is -2.50. The third-order valence-electron chi connectivity index (χ3n) is 4.76. The zero-order valence-electron chi connectivity index (χ0n) is 19.1. The predicted octanol–water partition coefficient (Wildman–Crippen LogP) is 4.18. The number of carbonyl (C=O) groups is 2. The fourth-order valence-electron chi connectivity index (χ4n) is 3.40. The van der Waals surface area contributed by atoms with Gasteiger partial charge < -0.3 is 19.9 Å². The van der Waals surface area contributed by atoms with Crippen molar-refractivity contribution in [1.29, 1.82) is 0 Å². The number of carbonyl (C=O) groups excluding carboxylic acids is 2. The minimum atomic E-state index is -1.51. The number of imide groups is 1. The number of nitrogens with two attached hydrogens (primary N) is 1. The monoisotopic (exact) mass is 445 g/mol. The molecular weight excluding hydrogens is 417 g/mol. The molecule has 1 aromatic rings. The quantitative estimate of drug-likeness (QED) is 0.514. The number of terminal acetylenes is 1. The molecule has 172 valence electrons. The van der Waals surface area contributed by atoms with Crippen LogP contribution in [0.15, 0.2) is 23.2 Å². The van der Waals surface area contributed by atoms with Crippen LogP contribution in [0.2, 0.25) is 0 Å². The molecule has 1 aliphatic heterocycles. The molecule has 0 unspecified atom stereocenters. The Morgan fingerprint density at radius 2 is 1.78 bits per heavy atom. The van der Waals surface area contributed by atoms with Crippen molar-refractivity contribution >= 4 is 23.9 Å². The van der Waals surface area contributed by atoms with E-state index >= 15 is 0 Å². The Hall–Kier alpha value is -3.28. The molecule has 9 heteroatoms. The van der Waals surface area contributed by atoms with E-state index in [-0.39, 0.29) is 11.5 Å². The van der Waals surface area contributed by atoms with E-state index in [1.807, 2.05) is 0 Å². The molecule has 0 radical (unpaired) electrons. The normalized spacial score (nSPS) is 24.2. The van der Waals surface area contributed by atoms with Crippen molar-refractivity contribution < 1.29 is 28.2 Å². The van der Waals surface area contributed by atoms with Crippen LogP contribution in [0.5, 0.6) is 0 Å². The van der Waals surface area contributed by atoms with Crippen LogP contribution >= 0.6 is 0 Å². The second-order valence-electron chi connectivity index (χ2n) is 9.84. The third-order valence-corrected chi connectivity index (χ3v) is 4.76. The van der Waals surface area contributed by atoms with E-state index in [1.54, 1.807) is 41.5 Å². The Bertz CT molecular complexity index is 990. The molecule has 2 amide bonds. The summed E-state index contributed by atoms with van der Waals surface area (Å²) >= 11 is 0. The molecule has 3 atom stereocenters. The van der Waals surface area contributed by atoms with E-state index in [0.29, 0.717) is 17.0 Å². The summed E-state index contributed by atoms with van der Waals surface area (Å²) in [6.07, 6.45) is 3.74. The molecule has 1 aliphatic carbocycles. The molecule has 1 heterocycles. The summed E-state index contributed by atoms with van der Waals surface area (Å²) in [5, 5.41) is 0. The number of halogens is 1. The molecule has 1 fully saturated rings. The number of fused-ring (bicyclic) bond motifs is 1. The molecule has 1 saturated carbocycles. The molecule has 0 saturated heterocycles. The van der Waals surface area contributed by atoms with Gasteiger partial charge in [-0.3, -0.25) is 0 Å². The molecule has 2 aliphatic rings. The van der Waals surface area contributed by atoms with E-state index in [1.165, 1.54) is 18.2 Å². The number of nitrogens with zero attached hydrogens (tertiary/aromatic N) is 2. The standard InChI is InChI=1S/C23H28FN3O5/c1-8-23(14-11-13(25)9-10-16(14)24)15-12-17(15)30-18(26-23)27(19(28)31-21(2,3)4)20(29)32-22(5,6)7/h1,9-11,15,17H,12,25H2,2-7H3/t15-,17+,23+/m0/s1. The number of nitrogen functional groups attached to an aromatic ring is 1. The number of anilines is 1. The van der Waals surface area contributed by atoms with Crippen LogP contribution < -0.4 is 5.73 Å². The second-order valence-corrected chi connectivity index (χ2v) is 9.84. The molecule has 3 rings (SSSR count). The van der Waals surface area contributed by atoms with Gasteiger partial charge in [-0.15, -0.1) is 11.3 Å². The average Bonchev–Trinajstić information content (AvgIpc) is 3.40. The maximum Gasteiger partial charge on any atom is 0.428 e. The van der Waals surface area contributed by atoms with Gasteiger partial charge in [0.05, 0.1) is 0 Å². The van der Waals surface area contributed by atoms with Crippen molar-refractivity contribution in [3.05, 3.63) is 29.6 Å². The van der Waals surface area contributed by atoms with Crippen molar-refractivity contribution in [2.24, 2.45) is 10.9 Å². The van der Waals surface area contributed by atoms with Crippen molar-refractivity contribution in [2.75, 3.05) is 5.73 Å². The molecule has 0 spiro atoms. The smallest absolute Gasteiger partial charge is 0.428 e. The van der Waals surface area contributed by atoms with Gasteiger partial charge in [0.25, 0.3) is 0 Å². The number of benzene rings is 1. The van der Waals surface area contributed by atoms with Gasteiger partial charge in [-0.1, -0.05) is 5.92 Å². The van der Waals surface area contributed by atoms with Crippen LogP contribution in [-0.4, -0.2) is 40.4 Å². The maximum absolute atomic E-state index is 14.8. The topological polar surface area (TPSA) is 103 Å². The zero-order valence-corrected chi connectivity index (χ0v) is 19.1. The van der Waals surface area contributed by atoms with Gasteiger partial charge in [0, 0.05) is 17.2 Å². The van der Waals surface area contributed by atoms with Crippen LogP contribution in [0.4, 0.5) is 19.7 Å². The van der Waals surface area contributed by atoms with Crippen molar-refractivity contribution in [1.82, 2.24) is 4.90 Å². The summed E-state index contributed by atoms with van der Waals surface area (Å²) in [6, 6.07) is 3.60. The molecular formula is C23H28FN3O5. The van der Waals surface area contributed by atoms with Gasteiger partial charge in [-0.2, -0.15) is 0 Å². The summed E-state index contributed by atoms with van der Waals surface area (Å²) in [7, 11) is 0. The first-order valence-corrected chi connectivity index (χ1v) is 10.2. The summed E-state index contributed by atoms with van der Waals surface area (Å²) in [5.41, 5.74) is 2.88. The van der Waals surface area contributed by atoms with Crippen molar-refractivity contribution in [3.8, 4) is 12.3 Å². The highest BCUT2D eigenvalue weighted by molar-refractivity contribution is 6.06. The van der Waals surface area contributed by atoms with E-state index in [0.717, 1.165) is 0 Å². The van der Waals surface area contributed by atoms with Crippen molar-refractivity contribution in [3.63, 3.8) is 0 Å². The Morgan fingerprint density at radius 1 is 1.22 bits per heavy atom. The van der Waals surface area contributed by atoms with Gasteiger partial charge in [0.1, 0.15) is 23.1 Å². The number of rotatable bonds is 1. The minimum absolute atomic E-state index is 0.0710. The predicted molar refractivity (Wildman–Crippen MR) is 116 cm³/mol. The highest BCUT2D eigenvalue weighted by Crippen LogP contribution is 2.54. The molecule has 8 nitrogen and oxygen atoms in total. The van der Waals surface area contributed by atoms with Crippen LogP contribution in [0.3, 0.4) is 0 Å². The highest BCUT2D eigenvalue weighted by atomic mass is 19.1. The summed E-state index contributed by atoms with van der Waals surface area (Å²) in [5.74, 6) is 1.61. The molecule has 32 heavy (non-hydrogen) atoms. The second kappa shape index (κ2) is 7.69. The first-order chi connectivity index (χ1) is 14.7. The first kappa shape index (κ1) is 23.4. The summed E-state index contributed by atoms with van der Waals surface area (Å²) in [4.78, 5) is 30.9. The number of amidine groups is 1. The van der Waals surface area contributed by atoms with Crippen LogP contribution in [-0.2, 0) is 19.7 Å². The molecule has 0 bridgehead atoms. The average molecular weight is 445 g/mol. The van der Waals surface area contributed by atoms with E-state index in [9.17, 15) is 14.0 Å². The molecule has 1 aromatic carbocycles. The lowest BCUT2D eigenvalue weighted by Gasteiger charge is -2.34. The van der Waals surface area contributed by atoms with Crippen molar-refractivity contribution in [2.45, 2.75) is 70.8 Å². The molecule has 2 N–H and O–H groups in total. The number of amides is 2. The minimum Gasteiger partial charge on any atom is -0.461 e. The maximum atomic E-state index is 14.8. The van der Waals surface area contributed by atoms with E-state index in [2.05, 4.69) is 10.9 Å². The lowest BCUT2D eigenvalue weighted by molar-refractivity contribution is 0.00824. The van der Waals surface area contributed by atoms with Crippen LogP contribution in [0.1, 0.15) is 53.5 Å². The van der Waals surface area contributed by atoms with Crippen LogP contribution in [0, 0.1) is 24.1 Å². The summed E-state index contributed by atoms with van der Waals surface area (Å²) in [6.45, 7) is 9.87. The van der Waals surface area contributed by atoms with Crippen LogP contribution in [0.25, 0.3) is 0 Å². The largest absolute Gasteiger partial charge is 0.461 e. The number of hydrogen-bond acceptors (Lipinski definition) is 7. The Balaban J connectivity index is 2.12. The fraction of sp³-hybridized carbons (Fsp3) is 0.522.